The second-order valence-electron chi connectivity index (χ2n) is 4.25. The van der Waals surface area contributed by atoms with Gasteiger partial charge in [0.15, 0.2) is 9.84 Å². The van der Waals surface area contributed by atoms with E-state index in [1.807, 2.05) is 32.1 Å². The van der Waals surface area contributed by atoms with Crippen LogP contribution in [0.5, 0.6) is 0 Å². The van der Waals surface area contributed by atoms with Gasteiger partial charge in [0.2, 0.25) is 0 Å². The van der Waals surface area contributed by atoms with Gasteiger partial charge in [0, 0.05) is 18.3 Å². The summed E-state index contributed by atoms with van der Waals surface area (Å²) in [5, 5.41) is 3.34. The van der Waals surface area contributed by atoms with Gasteiger partial charge in [-0.1, -0.05) is 18.2 Å². The molecule has 0 aromatic heterocycles. The van der Waals surface area contributed by atoms with Crippen molar-refractivity contribution in [1.29, 1.82) is 0 Å². The quantitative estimate of drug-likeness (QED) is 0.819. The predicted octanol–water partition coefficient (Wildman–Crippen LogP) is 2.32. The van der Waals surface area contributed by atoms with Crippen LogP contribution in [-0.2, 0) is 9.84 Å². The maximum atomic E-state index is 11.3. The monoisotopic (exact) mass is 253 g/mol. The summed E-state index contributed by atoms with van der Waals surface area (Å²) >= 11 is 0. The summed E-state index contributed by atoms with van der Waals surface area (Å²) in [6, 6.07) is 7.34. The summed E-state index contributed by atoms with van der Waals surface area (Å²) in [4.78, 5) is 0.352. The van der Waals surface area contributed by atoms with E-state index in [0.29, 0.717) is 4.90 Å². The van der Waals surface area contributed by atoms with Crippen molar-refractivity contribution in [1.82, 2.24) is 5.32 Å². The van der Waals surface area contributed by atoms with E-state index in [0.717, 1.165) is 5.56 Å². The molecule has 0 aliphatic carbocycles. The molecule has 0 spiro atoms. The first-order valence-electron chi connectivity index (χ1n) is 5.53. The third-order valence-electron chi connectivity index (χ3n) is 2.67. The van der Waals surface area contributed by atoms with Crippen LogP contribution in [0.15, 0.2) is 41.8 Å². The molecule has 1 aromatic rings. The average molecular weight is 253 g/mol. The SMILES string of the molecule is C=CC(C)NC(C)c1ccc(S(C)(=O)=O)cc1. The molecule has 0 fully saturated rings. The van der Waals surface area contributed by atoms with Crippen molar-refractivity contribution in [2.75, 3.05) is 6.26 Å². The van der Waals surface area contributed by atoms with Gasteiger partial charge in [0.25, 0.3) is 0 Å². The largest absolute Gasteiger partial charge is 0.304 e. The number of hydrogen-bond donors (Lipinski definition) is 1. The van der Waals surface area contributed by atoms with Crippen molar-refractivity contribution in [3.63, 3.8) is 0 Å². The summed E-state index contributed by atoms with van der Waals surface area (Å²) in [6.45, 7) is 7.77. The van der Waals surface area contributed by atoms with Crippen molar-refractivity contribution < 1.29 is 8.42 Å². The fourth-order valence-corrected chi connectivity index (χ4v) is 2.19. The molecule has 1 aromatic carbocycles. The van der Waals surface area contributed by atoms with Crippen LogP contribution in [0.3, 0.4) is 0 Å². The molecule has 0 radical (unpaired) electrons. The Kier molecular flexibility index (Phi) is 4.48. The Morgan fingerprint density at radius 3 is 2.18 bits per heavy atom. The van der Waals surface area contributed by atoms with Gasteiger partial charge in [-0.3, -0.25) is 0 Å². The molecule has 0 bridgehead atoms. The lowest BCUT2D eigenvalue weighted by atomic mass is 10.1. The first-order chi connectivity index (χ1) is 7.84. The normalized spacial score (nSPS) is 15.2. The molecule has 3 nitrogen and oxygen atoms in total. The predicted molar refractivity (Wildman–Crippen MR) is 70.8 cm³/mol. The van der Waals surface area contributed by atoms with Crippen molar-refractivity contribution in [2.24, 2.45) is 0 Å². The maximum Gasteiger partial charge on any atom is 0.175 e. The minimum Gasteiger partial charge on any atom is -0.304 e. The van der Waals surface area contributed by atoms with Crippen LogP contribution in [0.1, 0.15) is 25.5 Å². The van der Waals surface area contributed by atoms with E-state index in [1.54, 1.807) is 12.1 Å². The van der Waals surface area contributed by atoms with Crippen LogP contribution in [0.2, 0.25) is 0 Å². The minimum atomic E-state index is -3.11. The van der Waals surface area contributed by atoms with Crippen LogP contribution < -0.4 is 5.32 Å². The molecule has 17 heavy (non-hydrogen) atoms. The first-order valence-corrected chi connectivity index (χ1v) is 7.42. The Balaban J connectivity index is 2.84. The molecule has 94 valence electrons. The lowest BCUT2D eigenvalue weighted by Gasteiger charge is -2.17. The summed E-state index contributed by atoms with van der Waals surface area (Å²) < 4.78 is 22.6. The lowest BCUT2D eigenvalue weighted by Crippen LogP contribution is -2.26. The highest BCUT2D eigenvalue weighted by Crippen LogP contribution is 2.16. The van der Waals surface area contributed by atoms with E-state index >= 15 is 0 Å². The second kappa shape index (κ2) is 5.47. The molecule has 0 heterocycles. The van der Waals surface area contributed by atoms with Gasteiger partial charge in [-0.2, -0.15) is 0 Å². The molecule has 1 N–H and O–H groups in total. The van der Waals surface area contributed by atoms with Gasteiger partial charge >= 0.3 is 0 Å². The van der Waals surface area contributed by atoms with Gasteiger partial charge in [-0.05, 0) is 31.5 Å². The van der Waals surface area contributed by atoms with Crippen molar-refractivity contribution in [3.8, 4) is 0 Å². The Bertz CT molecular complexity index is 477. The molecule has 0 aliphatic heterocycles. The van der Waals surface area contributed by atoms with Crippen LogP contribution in [0.25, 0.3) is 0 Å². The Hall–Kier alpha value is -1.13. The highest BCUT2D eigenvalue weighted by molar-refractivity contribution is 7.90. The first kappa shape index (κ1) is 13.9. The zero-order valence-corrected chi connectivity index (χ0v) is 11.3. The molecule has 0 aliphatic rings. The molecular weight excluding hydrogens is 234 g/mol. The van der Waals surface area contributed by atoms with E-state index in [2.05, 4.69) is 11.9 Å². The van der Waals surface area contributed by atoms with Crippen LogP contribution in [0.4, 0.5) is 0 Å². The van der Waals surface area contributed by atoms with E-state index in [9.17, 15) is 8.42 Å². The maximum absolute atomic E-state index is 11.3. The fourth-order valence-electron chi connectivity index (χ4n) is 1.56. The lowest BCUT2D eigenvalue weighted by molar-refractivity contribution is 0.537. The molecule has 2 atom stereocenters. The van der Waals surface area contributed by atoms with Crippen LogP contribution in [-0.4, -0.2) is 20.7 Å². The molecule has 0 saturated heterocycles. The molecular formula is C13H19NO2S. The second-order valence-corrected chi connectivity index (χ2v) is 6.27. The van der Waals surface area contributed by atoms with Crippen molar-refractivity contribution in [3.05, 3.63) is 42.5 Å². The number of rotatable bonds is 5. The molecule has 0 saturated carbocycles. The van der Waals surface area contributed by atoms with E-state index in [4.69, 9.17) is 0 Å². The van der Waals surface area contributed by atoms with E-state index < -0.39 is 9.84 Å². The number of benzene rings is 1. The zero-order chi connectivity index (χ0) is 13.1. The third-order valence-corrected chi connectivity index (χ3v) is 3.80. The highest BCUT2D eigenvalue weighted by Gasteiger charge is 2.10. The third kappa shape index (κ3) is 3.98. The Labute approximate surface area is 103 Å². The number of sulfone groups is 1. The highest BCUT2D eigenvalue weighted by atomic mass is 32.2. The summed E-state index contributed by atoms with van der Waals surface area (Å²) in [6.07, 6.45) is 3.05. The summed E-state index contributed by atoms with van der Waals surface area (Å²) in [7, 11) is -3.11. The van der Waals surface area contributed by atoms with Crippen molar-refractivity contribution >= 4 is 9.84 Å². The number of nitrogens with one attached hydrogen (secondary N) is 1. The average Bonchev–Trinajstić information content (AvgIpc) is 2.27. The van der Waals surface area contributed by atoms with Gasteiger partial charge in [0.1, 0.15) is 0 Å². The summed E-state index contributed by atoms with van der Waals surface area (Å²) in [5.41, 5.74) is 1.06. The van der Waals surface area contributed by atoms with E-state index in [-0.39, 0.29) is 12.1 Å². The van der Waals surface area contributed by atoms with E-state index in [1.165, 1.54) is 6.26 Å². The zero-order valence-electron chi connectivity index (χ0n) is 10.5. The van der Waals surface area contributed by atoms with Crippen LogP contribution >= 0.6 is 0 Å². The number of hydrogen-bond acceptors (Lipinski definition) is 3. The summed E-state index contributed by atoms with van der Waals surface area (Å²) in [5.74, 6) is 0. The van der Waals surface area contributed by atoms with Crippen LogP contribution in [0, 0.1) is 0 Å². The molecule has 0 amide bonds. The smallest absolute Gasteiger partial charge is 0.175 e. The van der Waals surface area contributed by atoms with Gasteiger partial charge < -0.3 is 5.32 Å². The minimum absolute atomic E-state index is 0.164. The van der Waals surface area contributed by atoms with Gasteiger partial charge in [-0.15, -0.1) is 6.58 Å². The Morgan fingerprint density at radius 1 is 1.24 bits per heavy atom. The van der Waals surface area contributed by atoms with Gasteiger partial charge in [0.05, 0.1) is 4.90 Å². The molecule has 2 unspecified atom stereocenters. The van der Waals surface area contributed by atoms with Crippen molar-refractivity contribution in [2.45, 2.75) is 30.8 Å². The fraction of sp³-hybridized carbons (Fsp3) is 0.385. The topological polar surface area (TPSA) is 46.2 Å². The standard InChI is InChI=1S/C13H19NO2S/c1-5-10(2)14-11(3)12-6-8-13(9-7-12)17(4,15)16/h5-11,14H,1H2,2-4H3. The van der Waals surface area contributed by atoms with Gasteiger partial charge in [-0.25, -0.2) is 8.42 Å². The molecule has 4 heteroatoms. The molecule has 1 rings (SSSR count). The Morgan fingerprint density at radius 2 is 1.76 bits per heavy atom.